The van der Waals surface area contributed by atoms with Gasteiger partial charge >= 0.3 is 0 Å². The van der Waals surface area contributed by atoms with Crippen molar-refractivity contribution in [2.24, 2.45) is 10.9 Å². The summed E-state index contributed by atoms with van der Waals surface area (Å²) in [5.74, 6) is 1.89. The largest absolute Gasteiger partial charge is 0.356 e. The average Bonchev–Trinajstić information content (AvgIpc) is 3.06. The van der Waals surface area contributed by atoms with Gasteiger partial charge in [-0.3, -0.25) is 4.99 Å². The number of rotatable bonds is 5. The van der Waals surface area contributed by atoms with Gasteiger partial charge in [-0.25, -0.2) is 4.98 Å². The van der Waals surface area contributed by atoms with Gasteiger partial charge in [-0.1, -0.05) is 25.7 Å². The minimum atomic E-state index is 0. The lowest BCUT2D eigenvalue weighted by molar-refractivity contribution is 0.453. The maximum Gasteiger partial charge on any atom is 0.193 e. The highest BCUT2D eigenvalue weighted by atomic mass is 127. The second kappa shape index (κ2) is 9.61. The summed E-state index contributed by atoms with van der Waals surface area (Å²) in [5, 5.41) is 6.72. The van der Waals surface area contributed by atoms with E-state index in [2.05, 4.69) is 32.6 Å². The molecule has 1 heterocycles. The van der Waals surface area contributed by atoms with Gasteiger partial charge in [-0.05, 0) is 19.3 Å². The van der Waals surface area contributed by atoms with Crippen LogP contribution in [0.15, 0.2) is 10.4 Å². The monoisotopic (exact) mass is 422 g/mol. The van der Waals surface area contributed by atoms with Gasteiger partial charge in [0.15, 0.2) is 5.96 Å². The highest BCUT2D eigenvalue weighted by Crippen LogP contribution is 2.26. The van der Waals surface area contributed by atoms with Crippen LogP contribution in [0, 0.1) is 12.8 Å². The van der Waals surface area contributed by atoms with Gasteiger partial charge in [0, 0.05) is 26.0 Å². The van der Waals surface area contributed by atoms with Gasteiger partial charge in [0.1, 0.15) is 0 Å². The minimum absolute atomic E-state index is 0. The van der Waals surface area contributed by atoms with E-state index < -0.39 is 0 Å². The number of nitrogens with zero attached hydrogens (tertiary/aromatic N) is 3. The zero-order chi connectivity index (χ0) is 14.4. The van der Waals surface area contributed by atoms with Crippen molar-refractivity contribution in [1.82, 2.24) is 15.2 Å². The van der Waals surface area contributed by atoms with Crippen molar-refractivity contribution in [2.45, 2.75) is 45.6 Å². The van der Waals surface area contributed by atoms with Crippen LogP contribution in [0.3, 0.4) is 0 Å². The first kappa shape index (κ1) is 18.7. The maximum absolute atomic E-state index is 4.50. The predicted octanol–water partition coefficient (Wildman–Crippen LogP) is 3.66. The van der Waals surface area contributed by atoms with Crippen LogP contribution in [-0.4, -0.2) is 36.5 Å². The number of guanidine groups is 1. The molecule has 0 aliphatic heterocycles. The second-order valence-corrected chi connectivity index (χ2v) is 6.69. The molecular formula is C15H27IN4S. The molecule has 4 nitrogen and oxygen atoms in total. The van der Waals surface area contributed by atoms with Gasteiger partial charge in [-0.2, -0.15) is 0 Å². The lowest BCUT2D eigenvalue weighted by Crippen LogP contribution is -2.39. The topological polar surface area (TPSA) is 40.5 Å². The molecule has 1 aliphatic carbocycles. The summed E-state index contributed by atoms with van der Waals surface area (Å²) in [6, 6.07) is 0. The molecular weight excluding hydrogens is 395 g/mol. The fraction of sp³-hybridized carbons (Fsp3) is 0.733. The molecule has 0 aromatic carbocycles. The summed E-state index contributed by atoms with van der Waals surface area (Å²) < 4.78 is 0. The van der Waals surface area contributed by atoms with Gasteiger partial charge in [-0.15, -0.1) is 35.3 Å². The Bertz CT molecular complexity index is 441. The minimum Gasteiger partial charge on any atom is -0.356 e. The zero-order valence-corrected chi connectivity index (χ0v) is 16.4. The first-order valence-electron chi connectivity index (χ1n) is 7.52. The molecule has 1 aromatic rings. The van der Waals surface area contributed by atoms with Gasteiger partial charge in [0.25, 0.3) is 0 Å². The van der Waals surface area contributed by atoms with Crippen molar-refractivity contribution in [2.75, 3.05) is 20.6 Å². The molecule has 0 radical (unpaired) electrons. The quantitative estimate of drug-likeness (QED) is 0.447. The average molecular weight is 422 g/mol. The van der Waals surface area contributed by atoms with Crippen LogP contribution in [0.4, 0.5) is 0 Å². The highest BCUT2D eigenvalue weighted by Gasteiger charge is 2.15. The third kappa shape index (κ3) is 6.10. The number of aromatic nitrogens is 1. The number of hydrogen-bond donors (Lipinski definition) is 1. The normalized spacial score (nSPS) is 15.9. The summed E-state index contributed by atoms with van der Waals surface area (Å²) >= 11 is 1.70. The van der Waals surface area contributed by atoms with Crippen LogP contribution in [0.1, 0.15) is 42.8 Å². The van der Waals surface area contributed by atoms with E-state index in [0.717, 1.165) is 35.7 Å². The standard InChI is InChI=1S/C15H26N4S.HI/c1-12-18-14(11-20-12)10-19(3)15(16-2)17-9-8-13-6-4-5-7-13;/h11,13H,4-10H2,1-3H3,(H,16,17);1H. The molecule has 0 atom stereocenters. The molecule has 1 fully saturated rings. The summed E-state index contributed by atoms with van der Waals surface area (Å²) in [4.78, 5) is 11.0. The second-order valence-electron chi connectivity index (χ2n) is 5.63. The molecule has 0 spiro atoms. The van der Waals surface area contributed by atoms with Crippen molar-refractivity contribution in [3.05, 3.63) is 16.1 Å². The fourth-order valence-electron chi connectivity index (χ4n) is 2.87. The maximum atomic E-state index is 4.50. The predicted molar refractivity (Wildman–Crippen MR) is 102 cm³/mol. The van der Waals surface area contributed by atoms with E-state index in [1.54, 1.807) is 11.3 Å². The summed E-state index contributed by atoms with van der Waals surface area (Å²) in [6.07, 6.45) is 6.93. The summed E-state index contributed by atoms with van der Waals surface area (Å²) in [5.41, 5.74) is 1.12. The van der Waals surface area contributed by atoms with E-state index in [-0.39, 0.29) is 24.0 Å². The van der Waals surface area contributed by atoms with E-state index in [1.165, 1.54) is 32.1 Å². The molecule has 1 aromatic heterocycles. The lowest BCUT2D eigenvalue weighted by Gasteiger charge is -2.21. The SMILES string of the molecule is CN=C(NCCC1CCCC1)N(C)Cc1csc(C)n1.I. The molecule has 0 amide bonds. The van der Waals surface area contributed by atoms with E-state index in [9.17, 15) is 0 Å². The highest BCUT2D eigenvalue weighted by molar-refractivity contribution is 14.0. The molecule has 1 N–H and O–H groups in total. The fourth-order valence-corrected chi connectivity index (χ4v) is 3.47. The van der Waals surface area contributed by atoms with Crippen LogP contribution in [0.5, 0.6) is 0 Å². The number of halogens is 1. The zero-order valence-electron chi connectivity index (χ0n) is 13.3. The number of nitrogens with one attached hydrogen (secondary N) is 1. The Morgan fingerprint density at radius 2 is 2.19 bits per heavy atom. The van der Waals surface area contributed by atoms with Crippen LogP contribution < -0.4 is 5.32 Å². The Labute approximate surface area is 149 Å². The molecule has 1 saturated carbocycles. The van der Waals surface area contributed by atoms with E-state index in [1.807, 2.05) is 14.0 Å². The molecule has 6 heteroatoms. The Balaban J connectivity index is 0.00000220. The summed E-state index contributed by atoms with van der Waals surface area (Å²) in [6.45, 7) is 3.88. The Morgan fingerprint density at radius 3 is 2.76 bits per heavy atom. The van der Waals surface area contributed by atoms with Crippen molar-refractivity contribution in [3.63, 3.8) is 0 Å². The third-order valence-corrected chi connectivity index (χ3v) is 4.77. The number of aliphatic imine (C=N–C) groups is 1. The van der Waals surface area contributed by atoms with Gasteiger partial charge < -0.3 is 10.2 Å². The molecule has 21 heavy (non-hydrogen) atoms. The van der Waals surface area contributed by atoms with E-state index in [0.29, 0.717) is 0 Å². The molecule has 0 saturated heterocycles. The lowest BCUT2D eigenvalue weighted by atomic mass is 10.0. The smallest absolute Gasteiger partial charge is 0.193 e. The number of thiazole rings is 1. The number of hydrogen-bond acceptors (Lipinski definition) is 3. The van der Waals surface area contributed by atoms with Crippen molar-refractivity contribution < 1.29 is 0 Å². The Kier molecular flexibility index (Phi) is 8.55. The molecule has 0 unspecified atom stereocenters. The van der Waals surface area contributed by atoms with Crippen molar-refractivity contribution in [3.8, 4) is 0 Å². The van der Waals surface area contributed by atoms with E-state index in [4.69, 9.17) is 0 Å². The first-order chi connectivity index (χ1) is 9.69. The molecule has 1 aliphatic rings. The third-order valence-electron chi connectivity index (χ3n) is 3.95. The summed E-state index contributed by atoms with van der Waals surface area (Å²) in [7, 11) is 3.92. The van der Waals surface area contributed by atoms with Crippen molar-refractivity contribution in [1.29, 1.82) is 0 Å². The van der Waals surface area contributed by atoms with Crippen molar-refractivity contribution >= 4 is 41.3 Å². The molecule has 0 bridgehead atoms. The molecule has 2 rings (SSSR count). The van der Waals surface area contributed by atoms with Crippen LogP contribution in [0.25, 0.3) is 0 Å². The Hall–Kier alpha value is -0.370. The number of aryl methyl sites for hydroxylation is 1. The van der Waals surface area contributed by atoms with Gasteiger partial charge in [0.05, 0.1) is 17.2 Å². The van der Waals surface area contributed by atoms with Gasteiger partial charge in [0.2, 0.25) is 0 Å². The molecule has 120 valence electrons. The first-order valence-corrected chi connectivity index (χ1v) is 8.40. The van der Waals surface area contributed by atoms with Crippen LogP contribution in [-0.2, 0) is 6.54 Å². The van der Waals surface area contributed by atoms with E-state index >= 15 is 0 Å². The van der Waals surface area contributed by atoms with Crippen LogP contribution in [0.2, 0.25) is 0 Å². The Morgan fingerprint density at radius 1 is 1.48 bits per heavy atom. The van der Waals surface area contributed by atoms with Crippen LogP contribution >= 0.6 is 35.3 Å².